The number of carbonyl (C=O) groups excluding carboxylic acids is 1. The lowest BCUT2D eigenvalue weighted by Gasteiger charge is -2.45. The number of β-amino-alcohol motifs (C(OH)–C–C–N with tert-alkyl or cyclic N) is 1. The van der Waals surface area contributed by atoms with Gasteiger partial charge in [-0.25, -0.2) is 0 Å². The van der Waals surface area contributed by atoms with Crippen molar-refractivity contribution >= 4 is 12.0 Å². The molecular weight excluding hydrogens is 254 g/mol. The van der Waals surface area contributed by atoms with Crippen LogP contribution in [0.2, 0.25) is 0 Å². The van der Waals surface area contributed by atoms with Crippen molar-refractivity contribution in [2.24, 2.45) is 5.92 Å². The van der Waals surface area contributed by atoms with Crippen LogP contribution in [0, 0.1) is 5.92 Å². The van der Waals surface area contributed by atoms with E-state index in [1.54, 1.807) is 11.0 Å². The lowest BCUT2D eigenvalue weighted by molar-refractivity contribution is -0.150. The normalized spacial score (nSPS) is 27.6. The van der Waals surface area contributed by atoms with Crippen LogP contribution in [0.25, 0.3) is 6.08 Å². The second-order valence-corrected chi connectivity index (χ2v) is 6.17. The fourth-order valence-corrected chi connectivity index (χ4v) is 2.68. The summed E-state index contributed by atoms with van der Waals surface area (Å²) in [5.41, 5.74) is -0.677. The van der Waals surface area contributed by atoms with Gasteiger partial charge in [0, 0.05) is 12.0 Å². The van der Waals surface area contributed by atoms with Gasteiger partial charge in [-0.3, -0.25) is 4.79 Å². The molecule has 3 rings (SSSR count). The van der Waals surface area contributed by atoms with Gasteiger partial charge in [-0.15, -0.1) is 0 Å². The highest BCUT2D eigenvalue weighted by Crippen LogP contribution is 2.47. The Balaban J connectivity index is 1.55. The summed E-state index contributed by atoms with van der Waals surface area (Å²) in [4.78, 5) is 13.5. The summed E-state index contributed by atoms with van der Waals surface area (Å²) < 4.78 is 5.71. The average molecular weight is 275 g/mol. The van der Waals surface area contributed by atoms with Crippen molar-refractivity contribution in [3.05, 3.63) is 29.7 Å². The number of rotatable bonds is 4. The maximum atomic E-state index is 11.9. The molecule has 0 radical (unpaired) electrons. The smallest absolute Gasteiger partial charge is 0.246 e. The van der Waals surface area contributed by atoms with Gasteiger partial charge in [0.15, 0.2) is 0 Å². The van der Waals surface area contributed by atoms with Gasteiger partial charge in [0.1, 0.15) is 11.5 Å². The van der Waals surface area contributed by atoms with E-state index in [0.717, 1.165) is 11.5 Å². The molecule has 1 aliphatic carbocycles. The van der Waals surface area contributed by atoms with Crippen LogP contribution in [0.4, 0.5) is 0 Å². The third kappa shape index (κ3) is 2.52. The molecule has 0 bridgehead atoms. The third-order valence-electron chi connectivity index (χ3n) is 4.45. The van der Waals surface area contributed by atoms with E-state index >= 15 is 0 Å². The molecule has 4 heteroatoms. The van der Waals surface area contributed by atoms with Crippen molar-refractivity contribution in [3.63, 3.8) is 0 Å². The molecule has 4 nitrogen and oxygen atoms in total. The first-order chi connectivity index (χ1) is 9.50. The second-order valence-electron chi connectivity index (χ2n) is 6.17. The summed E-state index contributed by atoms with van der Waals surface area (Å²) in [6.45, 7) is 5.00. The minimum absolute atomic E-state index is 0.0686. The van der Waals surface area contributed by atoms with Crippen LogP contribution < -0.4 is 0 Å². The van der Waals surface area contributed by atoms with Gasteiger partial charge in [-0.2, -0.15) is 0 Å². The molecule has 1 N–H and O–H groups in total. The van der Waals surface area contributed by atoms with Gasteiger partial charge in [0.2, 0.25) is 5.91 Å². The molecule has 1 aromatic heterocycles. The highest BCUT2D eigenvalue weighted by atomic mass is 16.3. The monoisotopic (exact) mass is 275 g/mol. The summed E-state index contributed by atoms with van der Waals surface area (Å²) in [7, 11) is 0. The quantitative estimate of drug-likeness (QED) is 0.858. The van der Waals surface area contributed by atoms with Crippen LogP contribution >= 0.6 is 0 Å². The van der Waals surface area contributed by atoms with Gasteiger partial charge in [0.05, 0.1) is 18.7 Å². The van der Waals surface area contributed by atoms with Crippen molar-refractivity contribution in [2.45, 2.75) is 38.2 Å². The van der Waals surface area contributed by atoms with Gasteiger partial charge < -0.3 is 14.4 Å². The molecule has 0 aromatic carbocycles. The second kappa shape index (κ2) is 4.77. The Kier molecular flexibility index (Phi) is 3.21. The van der Waals surface area contributed by atoms with E-state index in [1.807, 2.05) is 19.1 Å². The Bertz CT molecular complexity index is 540. The van der Waals surface area contributed by atoms with Crippen molar-refractivity contribution in [1.82, 2.24) is 4.90 Å². The average Bonchev–Trinajstić information content (AvgIpc) is 2.95. The van der Waals surface area contributed by atoms with Crippen LogP contribution in [0.3, 0.4) is 0 Å². The predicted octanol–water partition coefficient (Wildman–Crippen LogP) is 2.40. The molecule has 1 amide bonds. The number of hydrogen-bond acceptors (Lipinski definition) is 3. The molecule has 2 heterocycles. The van der Waals surface area contributed by atoms with E-state index in [2.05, 4.69) is 6.92 Å². The van der Waals surface area contributed by atoms with Gasteiger partial charge in [0.25, 0.3) is 0 Å². The van der Waals surface area contributed by atoms with E-state index in [-0.39, 0.29) is 5.91 Å². The van der Waals surface area contributed by atoms with Gasteiger partial charge >= 0.3 is 0 Å². The molecule has 2 aliphatic rings. The highest BCUT2D eigenvalue weighted by molar-refractivity contribution is 5.92. The summed E-state index contributed by atoms with van der Waals surface area (Å²) >= 11 is 0. The number of nitrogens with zero attached hydrogens (tertiary/aromatic N) is 1. The largest absolute Gasteiger partial charge is 0.461 e. The van der Waals surface area contributed by atoms with Crippen LogP contribution in [0.5, 0.6) is 0 Å². The Morgan fingerprint density at radius 2 is 2.25 bits per heavy atom. The number of furan rings is 1. The maximum Gasteiger partial charge on any atom is 0.246 e. The standard InChI is InChI=1S/C16H21NO3/c1-3-16(19)9-17(10-16)15(18)7-5-12-4-6-14(20-12)13-8-11(13)2/h4-7,11,13,19H,3,8-10H2,1-2H3. The molecule has 2 unspecified atom stereocenters. The third-order valence-corrected chi connectivity index (χ3v) is 4.45. The Morgan fingerprint density at radius 3 is 2.85 bits per heavy atom. The lowest BCUT2D eigenvalue weighted by Crippen LogP contribution is -2.62. The number of hydrogen-bond donors (Lipinski definition) is 1. The van der Waals surface area contributed by atoms with E-state index in [1.165, 1.54) is 12.5 Å². The van der Waals surface area contributed by atoms with Crippen LogP contribution in [-0.2, 0) is 4.79 Å². The summed E-state index contributed by atoms with van der Waals surface area (Å²) in [5, 5.41) is 9.88. The van der Waals surface area contributed by atoms with Crippen molar-refractivity contribution in [1.29, 1.82) is 0 Å². The van der Waals surface area contributed by atoms with E-state index < -0.39 is 5.60 Å². The molecule has 1 aliphatic heterocycles. The van der Waals surface area contributed by atoms with Crippen LogP contribution in [-0.4, -0.2) is 34.6 Å². The minimum atomic E-state index is -0.677. The first kappa shape index (κ1) is 13.4. The zero-order valence-corrected chi connectivity index (χ0v) is 12.0. The molecule has 0 spiro atoms. The maximum absolute atomic E-state index is 11.9. The Hall–Kier alpha value is -1.55. The summed E-state index contributed by atoms with van der Waals surface area (Å²) in [6, 6.07) is 3.90. The Labute approximate surface area is 119 Å². The zero-order valence-electron chi connectivity index (χ0n) is 12.0. The van der Waals surface area contributed by atoms with Crippen LogP contribution in [0.15, 0.2) is 22.6 Å². The van der Waals surface area contributed by atoms with E-state index in [9.17, 15) is 9.90 Å². The first-order valence-corrected chi connectivity index (χ1v) is 7.30. The van der Waals surface area contributed by atoms with Crippen molar-refractivity contribution in [3.8, 4) is 0 Å². The molecule has 1 aromatic rings. The highest BCUT2D eigenvalue weighted by Gasteiger charge is 2.41. The number of aliphatic hydroxyl groups is 1. The lowest BCUT2D eigenvalue weighted by atomic mass is 9.91. The van der Waals surface area contributed by atoms with Gasteiger partial charge in [-0.05, 0) is 37.0 Å². The molecule has 1 saturated heterocycles. The number of likely N-dealkylation sites (tertiary alicyclic amines) is 1. The fourth-order valence-electron chi connectivity index (χ4n) is 2.68. The predicted molar refractivity (Wildman–Crippen MR) is 76.1 cm³/mol. The molecule has 20 heavy (non-hydrogen) atoms. The van der Waals surface area contributed by atoms with Crippen LogP contribution in [0.1, 0.15) is 44.1 Å². The van der Waals surface area contributed by atoms with E-state index in [4.69, 9.17) is 4.42 Å². The zero-order chi connectivity index (χ0) is 14.3. The molecule has 2 fully saturated rings. The fraction of sp³-hybridized carbons (Fsp3) is 0.562. The number of amides is 1. The van der Waals surface area contributed by atoms with E-state index in [0.29, 0.717) is 31.3 Å². The topological polar surface area (TPSA) is 53.7 Å². The summed E-state index contributed by atoms with van der Waals surface area (Å²) in [5.74, 6) is 2.95. The Morgan fingerprint density at radius 1 is 1.55 bits per heavy atom. The van der Waals surface area contributed by atoms with Gasteiger partial charge in [-0.1, -0.05) is 13.8 Å². The molecule has 108 valence electrons. The summed E-state index contributed by atoms with van der Waals surface area (Å²) in [6.07, 6.45) is 5.11. The number of carbonyl (C=O) groups is 1. The minimum Gasteiger partial charge on any atom is -0.461 e. The molecule has 1 saturated carbocycles. The van der Waals surface area contributed by atoms with Crippen molar-refractivity contribution < 1.29 is 14.3 Å². The SMILES string of the molecule is CCC1(O)CN(C(=O)C=Cc2ccc(C3CC3C)o2)C1. The molecule has 2 atom stereocenters. The first-order valence-electron chi connectivity index (χ1n) is 7.30. The van der Waals surface area contributed by atoms with Crippen molar-refractivity contribution in [2.75, 3.05) is 13.1 Å². The molecular formula is C16H21NO3.